The predicted octanol–water partition coefficient (Wildman–Crippen LogP) is 2.58. The van der Waals surface area contributed by atoms with Crippen LogP contribution in [0.5, 0.6) is 0 Å². The highest BCUT2D eigenvalue weighted by Gasteiger charge is 2.10. The molecule has 0 aliphatic rings. The van der Waals surface area contributed by atoms with Crippen molar-refractivity contribution in [1.29, 1.82) is 0 Å². The molecule has 17 heavy (non-hydrogen) atoms. The minimum atomic E-state index is -0.285. The van der Waals surface area contributed by atoms with Crippen molar-refractivity contribution in [2.24, 2.45) is 0 Å². The molecule has 0 heterocycles. The lowest BCUT2D eigenvalue weighted by molar-refractivity contribution is -0.144. The SMILES string of the molecule is CCOC(=O)CN(C)Cc1cc(F)ccc1Br. The number of likely N-dealkylation sites (N-methyl/N-ethyl adjacent to an activating group) is 1. The average Bonchev–Trinajstić information content (AvgIpc) is 2.23. The molecule has 0 amide bonds. The average molecular weight is 304 g/mol. The summed E-state index contributed by atoms with van der Waals surface area (Å²) in [7, 11) is 1.79. The minimum Gasteiger partial charge on any atom is -0.465 e. The van der Waals surface area contributed by atoms with E-state index in [1.165, 1.54) is 12.1 Å². The van der Waals surface area contributed by atoms with Crippen molar-refractivity contribution in [3.8, 4) is 0 Å². The molecule has 0 atom stereocenters. The maximum atomic E-state index is 13.0. The molecular formula is C12H15BrFNO2. The Kier molecular flexibility index (Phi) is 5.58. The Morgan fingerprint density at radius 1 is 1.53 bits per heavy atom. The van der Waals surface area contributed by atoms with Crippen LogP contribution in [0, 0.1) is 5.82 Å². The Labute approximate surface area is 109 Å². The van der Waals surface area contributed by atoms with E-state index in [9.17, 15) is 9.18 Å². The van der Waals surface area contributed by atoms with Crippen LogP contribution in [0.1, 0.15) is 12.5 Å². The first-order valence-electron chi connectivity index (χ1n) is 5.31. The molecule has 5 heteroatoms. The summed E-state index contributed by atoms with van der Waals surface area (Å²) >= 11 is 3.35. The van der Waals surface area contributed by atoms with E-state index >= 15 is 0 Å². The van der Waals surface area contributed by atoms with Crippen LogP contribution in [0.4, 0.5) is 4.39 Å². The third-order valence-corrected chi connectivity index (χ3v) is 2.93. The summed E-state index contributed by atoms with van der Waals surface area (Å²) in [6, 6.07) is 4.49. The fraction of sp³-hybridized carbons (Fsp3) is 0.417. The third kappa shape index (κ3) is 4.83. The maximum absolute atomic E-state index is 13.0. The van der Waals surface area contributed by atoms with Gasteiger partial charge in [-0.1, -0.05) is 15.9 Å². The summed E-state index contributed by atoms with van der Waals surface area (Å²) in [6.45, 7) is 2.81. The molecule has 0 radical (unpaired) electrons. The van der Waals surface area contributed by atoms with E-state index in [-0.39, 0.29) is 18.3 Å². The van der Waals surface area contributed by atoms with Crippen LogP contribution in [-0.2, 0) is 16.1 Å². The van der Waals surface area contributed by atoms with Gasteiger partial charge < -0.3 is 4.74 Å². The molecule has 0 saturated carbocycles. The van der Waals surface area contributed by atoms with Gasteiger partial charge in [-0.05, 0) is 37.7 Å². The number of hydrogen-bond acceptors (Lipinski definition) is 3. The smallest absolute Gasteiger partial charge is 0.320 e. The van der Waals surface area contributed by atoms with Crippen molar-refractivity contribution < 1.29 is 13.9 Å². The summed E-state index contributed by atoms with van der Waals surface area (Å²) in [5.74, 6) is -0.560. The Morgan fingerprint density at radius 3 is 2.88 bits per heavy atom. The third-order valence-electron chi connectivity index (χ3n) is 2.15. The number of rotatable bonds is 5. The van der Waals surface area contributed by atoms with Crippen molar-refractivity contribution in [1.82, 2.24) is 4.90 Å². The molecule has 94 valence electrons. The molecule has 0 fully saturated rings. The molecule has 0 bridgehead atoms. The molecule has 1 aromatic carbocycles. The lowest BCUT2D eigenvalue weighted by Crippen LogP contribution is -2.27. The Hall–Kier alpha value is -0.940. The highest BCUT2D eigenvalue weighted by Crippen LogP contribution is 2.19. The summed E-state index contributed by atoms with van der Waals surface area (Å²) < 4.78 is 18.7. The summed E-state index contributed by atoms with van der Waals surface area (Å²) in [5.41, 5.74) is 0.803. The Bertz CT molecular complexity index is 398. The van der Waals surface area contributed by atoms with Crippen molar-refractivity contribution in [3.05, 3.63) is 34.1 Å². The summed E-state index contributed by atoms with van der Waals surface area (Å²) in [6.07, 6.45) is 0. The van der Waals surface area contributed by atoms with Crippen molar-refractivity contribution >= 4 is 21.9 Å². The second-order valence-corrected chi connectivity index (χ2v) is 4.57. The van der Waals surface area contributed by atoms with Crippen molar-refractivity contribution in [3.63, 3.8) is 0 Å². The lowest BCUT2D eigenvalue weighted by atomic mass is 10.2. The van der Waals surface area contributed by atoms with Gasteiger partial charge >= 0.3 is 5.97 Å². The van der Waals surface area contributed by atoms with E-state index in [1.54, 1.807) is 24.9 Å². The number of carbonyl (C=O) groups excluding carboxylic acids is 1. The zero-order chi connectivity index (χ0) is 12.8. The van der Waals surface area contributed by atoms with Gasteiger partial charge in [0, 0.05) is 11.0 Å². The van der Waals surface area contributed by atoms with Crippen LogP contribution in [0.3, 0.4) is 0 Å². The van der Waals surface area contributed by atoms with Gasteiger partial charge in [-0.15, -0.1) is 0 Å². The zero-order valence-electron chi connectivity index (χ0n) is 9.87. The van der Waals surface area contributed by atoms with E-state index in [1.807, 2.05) is 0 Å². The van der Waals surface area contributed by atoms with Crippen LogP contribution >= 0.6 is 15.9 Å². The topological polar surface area (TPSA) is 29.5 Å². The molecule has 3 nitrogen and oxygen atoms in total. The minimum absolute atomic E-state index is 0.191. The number of halogens is 2. The van der Waals surface area contributed by atoms with Crippen LogP contribution in [0.15, 0.2) is 22.7 Å². The molecule has 0 aliphatic carbocycles. The molecule has 0 saturated heterocycles. The first-order valence-corrected chi connectivity index (χ1v) is 6.10. The number of ether oxygens (including phenoxy) is 1. The molecule has 0 aliphatic heterocycles. The van der Waals surface area contributed by atoms with Crippen molar-refractivity contribution in [2.45, 2.75) is 13.5 Å². The fourth-order valence-corrected chi connectivity index (χ4v) is 1.81. The van der Waals surface area contributed by atoms with Crippen molar-refractivity contribution in [2.75, 3.05) is 20.2 Å². The van der Waals surface area contributed by atoms with Gasteiger partial charge in [0.2, 0.25) is 0 Å². The molecule has 0 N–H and O–H groups in total. The highest BCUT2D eigenvalue weighted by atomic mass is 79.9. The van der Waals surface area contributed by atoms with Gasteiger partial charge in [-0.3, -0.25) is 9.69 Å². The maximum Gasteiger partial charge on any atom is 0.320 e. The number of esters is 1. The second-order valence-electron chi connectivity index (χ2n) is 3.71. The molecule has 0 unspecified atom stereocenters. The quantitative estimate of drug-likeness (QED) is 0.783. The number of nitrogens with zero attached hydrogens (tertiary/aromatic N) is 1. The monoisotopic (exact) mass is 303 g/mol. The van der Waals surface area contributed by atoms with Crippen LogP contribution < -0.4 is 0 Å². The van der Waals surface area contributed by atoms with Gasteiger partial charge in [0.25, 0.3) is 0 Å². The van der Waals surface area contributed by atoms with Gasteiger partial charge in [0.05, 0.1) is 13.2 Å². The van der Waals surface area contributed by atoms with Gasteiger partial charge in [-0.2, -0.15) is 0 Å². The molecule has 1 aromatic rings. The first-order chi connectivity index (χ1) is 8.02. The lowest BCUT2D eigenvalue weighted by Gasteiger charge is -2.16. The molecule has 0 aromatic heterocycles. The molecule has 1 rings (SSSR count). The largest absolute Gasteiger partial charge is 0.465 e. The van der Waals surface area contributed by atoms with E-state index < -0.39 is 0 Å². The number of hydrogen-bond donors (Lipinski definition) is 0. The summed E-state index contributed by atoms with van der Waals surface area (Å²) in [4.78, 5) is 13.0. The van der Waals surface area contributed by atoms with Crippen LogP contribution in [-0.4, -0.2) is 31.1 Å². The second kappa shape index (κ2) is 6.71. The van der Waals surface area contributed by atoms with E-state index in [4.69, 9.17) is 4.74 Å². The van der Waals surface area contributed by atoms with E-state index in [0.717, 1.165) is 10.0 Å². The van der Waals surface area contributed by atoms with Crippen LogP contribution in [0.2, 0.25) is 0 Å². The zero-order valence-corrected chi connectivity index (χ0v) is 11.5. The molecule has 0 spiro atoms. The first kappa shape index (κ1) is 14.1. The van der Waals surface area contributed by atoms with Gasteiger partial charge in [-0.25, -0.2) is 4.39 Å². The normalized spacial score (nSPS) is 10.6. The Balaban J connectivity index is 2.58. The highest BCUT2D eigenvalue weighted by molar-refractivity contribution is 9.10. The fourth-order valence-electron chi connectivity index (χ4n) is 1.44. The number of carbonyl (C=O) groups is 1. The number of benzene rings is 1. The summed E-state index contributed by atoms with van der Waals surface area (Å²) in [5, 5.41) is 0. The molecular weight excluding hydrogens is 289 g/mol. The van der Waals surface area contributed by atoms with Gasteiger partial charge in [0.15, 0.2) is 0 Å². The van der Waals surface area contributed by atoms with Gasteiger partial charge in [0.1, 0.15) is 5.82 Å². The van der Waals surface area contributed by atoms with E-state index in [0.29, 0.717) is 13.2 Å². The standard InChI is InChI=1S/C12H15BrFNO2/c1-3-17-12(16)8-15(2)7-9-6-10(14)4-5-11(9)13/h4-6H,3,7-8H2,1-2H3. The Morgan fingerprint density at radius 2 is 2.24 bits per heavy atom. The van der Waals surface area contributed by atoms with E-state index in [2.05, 4.69) is 15.9 Å². The van der Waals surface area contributed by atoms with Crippen LogP contribution in [0.25, 0.3) is 0 Å². The predicted molar refractivity (Wildman–Crippen MR) is 67.1 cm³/mol.